The largest absolute Gasteiger partial charge is 2.00 e. The molecule has 0 fully saturated rings. The van der Waals surface area contributed by atoms with Crippen LogP contribution in [0, 0.1) is 0 Å². The molecule has 11 heavy (non-hydrogen) atoms. The summed E-state index contributed by atoms with van der Waals surface area (Å²) in [5.41, 5.74) is 0. The van der Waals surface area contributed by atoms with Crippen molar-refractivity contribution in [1.29, 1.82) is 0 Å². The first-order valence-electron chi connectivity index (χ1n) is 2.64. The van der Waals surface area contributed by atoms with Gasteiger partial charge in [-0.15, -0.1) is 0 Å². The van der Waals surface area contributed by atoms with Crippen LogP contribution in [0.5, 0.6) is 0 Å². The van der Waals surface area contributed by atoms with E-state index in [9.17, 15) is 9.59 Å². The number of hydrogen-bond acceptors (Lipinski definition) is 3. The molecule has 0 aliphatic heterocycles. The van der Waals surface area contributed by atoms with Crippen molar-refractivity contribution >= 4 is 57.4 Å². The Morgan fingerprint density at radius 3 is 1.73 bits per heavy atom. The van der Waals surface area contributed by atoms with Crippen LogP contribution in [0.15, 0.2) is 0 Å². The number of carbonyl (C=O) groups is 2. The molecule has 2 N–H and O–H groups in total. The Bertz CT molecular complexity index is 141. The van der Waals surface area contributed by atoms with E-state index in [1.807, 2.05) is 0 Å². The van der Waals surface area contributed by atoms with Crippen molar-refractivity contribution in [2.45, 2.75) is 0 Å². The minimum Gasteiger partial charge on any atom is -1.00 e. The van der Waals surface area contributed by atoms with Gasteiger partial charge in [-0.25, -0.2) is 0 Å². The van der Waals surface area contributed by atoms with E-state index >= 15 is 0 Å². The van der Waals surface area contributed by atoms with Crippen LogP contribution in [0.1, 0.15) is 2.85 Å². The Morgan fingerprint density at radius 1 is 1.27 bits per heavy atom. The second-order valence-electron chi connectivity index (χ2n) is 1.96. The molecule has 0 radical (unpaired) electrons. The van der Waals surface area contributed by atoms with Crippen LogP contribution in [0.4, 0.5) is 0 Å². The maximum Gasteiger partial charge on any atom is 2.00 e. The molecule has 0 spiro atoms. The number of aliphatic carboxylic acids is 2. The molecule has 0 aromatic rings. The molecule has 0 aromatic carbocycles. The van der Waals surface area contributed by atoms with Crippen molar-refractivity contribution in [3.63, 3.8) is 0 Å². The smallest absolute Gasteiger partial charge is 1.00 e. The van der Waals surface area contributed by atoms with Gasteiger partial charge in [-0.2, -0.15) is 0 Å². The monoisotopic (exact) mass is 237 g/mol. The molecular formula is C5H11NO4Sr. The Morgan fingerprint density at radius 2 is 1.55 bits per heavy atom. The Balaban J connectivity index is -0.000000135. The maximum absolute atomic E-state index is 9.96. The van der Waals surface area contributed by atoms with Gasteiger partial charge < -0.3 is 13.1 Å². The van der Waals surface area contributed by atoms with E-state index in [4.69, 9.17) is 10.2 Å². The predicted molar refractivity (Wildman–Crippen MR) is 40.7 cm³/mol. The second-order valence-corrected chi connectivity index (χ2v) is 1.96. The third-order valence-corrected chi connectivity index (χ3v) is 0.810. The summed E-state index contributed by atoms with van der Waals surface area (Å²) in [5, 5.41) is 16.3. The van der Waals surface area contributed by atoms with E-state index in [0.29, 0.717) is 0 Å². The zero-order chi connectivity index (χ0) is 8.15. The van der Waals surface area contributed by atoms with Gasteiger partial charge in [0.1, 0.15) is 0 Å². The molecule has 0 aromatic heterocycles. The van der Waals surface area contributed by atoms with Gasteiger partial charge in [-0.1, -0.05) is 0 Å². The maximum atomic E-state index is 9.96. The summed E-state index contributed by atoms with van der Waals surface area (Å²) in [7, 11) is 1.43. The van der Waals surface area contributed by atoms with Gasteiger partial charge in [-0.05, 0) is 7.05 Å². The Labute approximate surface area is 104 Å². The molecule has 0 aliphatic carbocycles. The van der Waals surface area contributed by atoms with Gasteiger partial charge in [0.2, 0.25) is 0 Å². The molecule has 0 amide bonds. The summed E-state index contributed by atoms with van der Waals surface area (Å²) < 4.78 is 0. The summed E-state index contributed by atoms with van der Waals surface area (Å²) in [6.45, 7) is -0.488. The van der Waals surface area contributed by atoms with Gasteiger partial charge in [0.15, 0.2) is 0 Å². The molecule has 0 saturated heterocycles. The van der Waals surface area contributed by atoms with Crippen molar-refractivity contribution < 1.29 is 22.7 Å². The minimum atomic E-state index is -1.02. The van der Waals surface area contributed by atoms with Gasteiger partial charge in [0.05, 0.1) is 13.1 Å². The molecule has 0 unspecified atom stereocenters. The number of rotatable bonds is 4. The zero-order valence-corrected chi connectivity index (χ0v) is 9.76. The summed E-state index contributed by atoms with van der Waals surface area (Å²) >= 11 is 0. The van der Waals surface area contributed by atoms with E-state index < -0.39 is 11.9 Å². The first kappa shape index (κ1) is 13.9. The molecule has 0 atom stereocenters. The quantitative estimate of drug-likeness (QED) is 0.608. The molecule has 5 nitrogen and oxygen atoms in total. The number of carboxylic acids is 2. The van der Waals surface area contributed by atoms with E-state index in [2.05, 4.69) is 0 Å². The summed E-state index contributed by atoms with van der Waals surface area (Å²) in [4.78, 5) is 21.1. The second kappa shape index (κ2) is 7.05. The predicted octanol–water partition coefficient (Wildman–Crippen LogP) is -1.07. The van der Waals surface area contributed by atoms with Gasteiger partial charge in [-0.3, -0.25) is 14.5 Å². The van der Waals surface area contributed by atoms with Crippen molar-refractivity contribution in [1.82, 2.24) is 4.90 Å². The Hall–Kier alpha value is 0.381. The fourth-order valence-electron chi connectivity index (χ4n) is 0.518. The third-order valence-electron chi connectivity index (χ3n) is 0.810. The number of hydrogen-bond donors (Lipinski definition) is 2. The van der Waals surface area contributed by atoms with E-state index in [1.54, 1.807) is 0 Å². The zero-order valence-electron chi connectivity index (χ0n) is 8.28. The van der Waals surface area contributed by atoms with Gasteiger partial charge >= 0.3 is 57.4 Å². The van der Waals surface area contributed by atoms with Crippen LogP contribution in [0.3, 0.4) is 0 Å². The number of carboxylic acid groups (broad SMARTS) is 2. The normalized spacial score (nSPS) is 8.91. The van der Waals surface area contributed by atoms with Gasteiger partial charge in [0.25, 0.3) is 0 Å². The third kappa shape index (κ3) is 10.4. The van der Waals surface area contributed by atoms with Crippen molar-refractivity contribution in [2.75, 3.05) is 20.1 Å². The van der Waals surface area contributed by atoms with Crippen LogP contribution in [0.25, 0.3) is 0 Å². The molecule has 0 rings (SSSR count). The fourth-order valence-corrected chi connectivity index (χ4v) is 0.518. The van der Waals surface area contributed by atoms with E-state index in [-0.39, 0.29) is 61.4 Å². The average Bonchev–Trinajstić information content (AvgIpc) is 1.58. The van der Waals surface area contributed by atoms with Crippen LogP contribution in [-0.4, -0.2) is 92.7 Å². The topological polar surface area (TPSA) is 77.8 Å². The van der Waals surface area contributed by atoms with Crippen LogP contribution in [0.2, 0.25) is 0 Å². The summed E-state index contributed by atoms with van der Waals surface area (Å²) in [6, 6.07) is 0. The summed E-state index contributed by atoms with van der Waals surface area (Å²) in [5.74, 6) is -2.05. The standard InChI is InChI=1S/C5H9NO4.Sr.2H/c1-6(2-4(7)8)3-5(9)10;;;/h2-3H2,1H3,(H,7,8)(H,9,10);;;/q;+2;2*-1. The van der Waals surface area contributed by atoms with Crippen molar-refractivity contribution in [3.8, 4) is 0 Å². The molecule has 0 saturated carbocycles. The first-order chi connectivity index (χ1) is 4.52. The molecular weight excluding hydrogens is 226 g/mol. The molecule has 0 heterocycles. The molecule has 6 heteroatoms. The minimum absolute atomic E-state index is 0. The number of likely N-dealkylation sites (N-methyl/N-ethyl adjacent to an activating group) is 1. The van der Waals surface area contributed by atoms with Gasteiger partial charge in [0, 0.05) is 0 Å². The van der Waals surface area contributed by atoms with Crippen LogP contribution in [-0.2, 0) is 9.59 Å². The van der Waals surface area contributed by atoms with E-state index in [1.165, 1.54) is 11.9 Å². The van der Waals surface area contributed by atoms with E-state index in [0.717, 1.165) is 0 Å². The van der Waals surface area contributed by atoms with Crippen LogP contribution >= 0.6 is 0 Å². The average molecular weight is 237 g/mol. The first-order valence-corrected chi connectivity index (χ1v) is 2.64. The summed E-state index contributed by atoms with van der Waals surface area (Å²) in [6.07, 6.45) is 0. The van der Waals surface area contributed by atoms with Crippen LogP contribution < -0.4 is 0 Å². The SMILES string of the molecule is CN(CC(=O)O)CC(=O)O.[H-].[H-].[Sr+2]. The molecule has 62 valence electrons. The fraction of sp³-hybridized carbons (Fsp3) is 0.600. The number of nitrogens with zero attached hydrogens (tertiary/aromatic N) is 1. The van der Waals surface area contributed by atoms with Crippen molar-refractivity contribution in [3.05, 3.63) is 0 Å². The van der Waals surface area contributed by atoms with Crippen molar-refractivity contribution in [2.24, 2.45) is 0 Å². The Kier molecular flexibility index (Phi) is 8.94. The molecule has 0 bridgehead atoms. The molecule has 0 aliphatic rings.